The Labute approximate surface area is 165 Å². The molecule has 0 unspecified atom stereocenters. The van der Waals surface area contributed by atoms with Crippen molar-refractivity contribution in [1.82, 2.24) is 5.32 Å². The summed E-state index contributed by atoms with van der Waals surface area (Å²) in [5.74, 6) is -0.908. The monoisotopic (exact) mass is 403 g/mol. The van der Waals surface area contributed by atoms with Gasteiger partial charge in [0, 0.05) is 11.3 Å². The number of carbonyl (C=O) groups is 2. The van der Waals surface area contributed by atoms with Gasteiger partial charge in [-0.1, -0.05) is 44.5 Å². The zero-order chi connectivity index (χ0) is 20.9. The maximum atomic E-state index is 12.8. The molecule has 2 aromatic rings. The van der Waals surface area contributed by atoms with E-state index in [1.165, 1.54) is 6.07 Å². The molecule has 0 aromatic heterocycles. The van der Waals surface area contributed by atoms with E-state index in [2.05, 4.69) is 10.6 Å². The number of benzene rings is 2. The summed E-state index contributed by atoms with van der Waals surface area (Å²) in [6.45, 7) is 5.40. The molecule has 2 rings (SSSR count). The molecule has 0 radical (unpaired) electrons. The second-order valence-electron chi connectivity index (χ2n) is 6.72. The van der Waals surface area contributed by atoms with E-state index in [9.17, 15) is 18.0 Å². The molecule has 0 spiro atoms. The molecule has 0 aliphatic carbocycles. The van der Waals surface area contributed by atoms with E-state index in [0.29, 0.717) is 23.2 Å². The molecule has 4 N–H and O–H groups in total. The number of aryl methyl sites for hydroxylation is 1. The Morgan fingerprint density at radius 1 is 1.11 bits per heavy atom. The number of carbonyl (C=O) groups excluding carboxylic acids is 2. The molecule has 0 aliphatic rings. The Kier molecular flexibility index (Phi) is 6.93. The second kappa shape index (κ2) is 8.99. The Morgan fingerprint density at radius 2 is 1.75 bits per heavy atom. The fourth-order valence-corrected chi connectivity index (χ4v) is 3.53. The normalized spacial score (nSPS) is 13.4. The van der Waals surface area contributed by atoms with Crippen LogP contribution in [0.5, 0.6) is 0 Å². The number of hydrogen-bond acceptors (Lipinski definition) is 4. The average molecular weight is 404 g/mol. The Morgan fingerprint density at radius 3 is 2.32 bits per heavy atom. The third-order valence-electron chi connectivity index (χ3n) is 4.58. The van der Waals surface area contributed by atoms with Gasteiger partial charge in [0.15, 0.2) is 0 Å². The minimum Gasteiger partial charge on any atom is -0.340 e. The average Bonchev–Trinajstić information content (AvgIpc) is 2.66. The van der Waals surface area contributed by atoms with Gasteiger partial charge >= 0.3 is 0 Å². The molecule has 0 saturated carbocycles. The summed E-state index contributed by atoms with van der Waals surface area (Å²) in [7, 11) is -3.91. The quantitative estimate of drug-likeness (QED) is 0.658. The molecule has 0 heterocycles. The van der Waals surface area contributed by atoms with Crippen LogP contribution in [0.4, 0.5) is 5.69 Å². The van der Waals surface area contributed by atoms with Gasteiger partial charge < -0.3 is 10.6 Å². The minimum atomic E-state index is -3.91. The fraction of sp³-hybridized carbons (Fsp3) is 0.300. The molecule has 0 bridgehead atoms. The standard InChI is InChI=1S/C20H25N3O4S/c1-4-13(2)18(23-19(24)15-8-6-5-7-9-15)20(25)22-16-11-10-14(3)17(12-16)28(21,26)27/h5-13,18H,4H2,1-3H3,(H,22,25)(H,23,24)(H2,21,26,27)/t13-,18+/m1/s1. The van der Waals surface area contributed by atoms with Crippen LogP contribution < -0.4 is 15.8 Å². The summed E-state index contributed by atoms with van der Waals surface area (Å²) >= 11 is 0. The molecule has 2 atom stereocenters. The second-order valence-corrected chi connectivity index (χ2v) is 8.25. The first-order valence-corrected chi connectivity index (χ1v) is 10.5. The van der Waals surface area contributed by atoms with Crippen LogP contribution in [-0.4, -0.2) is 26.3 Å². The maximum Gasteiger partial charge on any atom is 0.251 e. The van der Waals surface area contributed by atoms with E-state index >= 15 is 0 Å². The van der Waals surface area contributed by atoms with Gasteiger partial charge in [-0.3, -0.25) is 9.59 Å². The van der Waals surface area contributed by atoms with E-state index < -0.39 is 22.0 Å². The van der Waals surface area contributed by atoms with Crippen molar-refractivity contribution in [2.45, 2.75) is 38.1 Å². The zero-order valence-corrected chi connectivity index (χ0v) is 16.9. The highest BCUT2D eigenvalue weighted by Crippen LogP contribution is 2.20. The number of nitrogens with one attached hydrogen (secondary N) is 2. The first kappa shape index (κ1) is 21.6. The highest BCUT2D eigenvalue weighted by Gasteiger charge is 2.26. The van der Waals surface area contributed by atoms with Crippen molar-refractivity contribution < 1.29 is 18.0 Å². The van der Waals surface area contributed by atoms with Crippen LogP contribution >= 0.6 is 0 Å². The Hall–Kier alpha value is -2.71. The number of sulfonamides is 1. The van der Waals surface area contributed by atoms with Crippen molar-refractivity contribution in [2.75, 3.05) is 5.32 Å². The smallest absolute Gasteiger partial charge is 0.251 e. The van der Waals surface area contributed by atoms with Crippen LogP contribution in [0.3, 0.4) is 0 Å². The number of rotatable bonds is 7. The van der Waals surface area contributed by atoms with Gasteiger partial charge in [0.1, 0.15) is 6.04 Å². The molecule has 2 aromatic carbocycles. The summed E-state index contributed by atoms with van der Waals surface area (Å²) in [6.07, 6.45) is 0.670. The largest absolute Gasteiger partial charge is 0.340 e. The molecule has 0 aliphatic heterocycles. The molecule has 7 nitrogen and oxygen atoms in total. The van der Waals surface area contributed by atoms with Crippen molar-refractivity contribution in [3.8, 4) is 0 Å². The van der Waals surface area contributed by atoms with Crippen molar-refractivity contribution in [2.24, 2.45) is 11.1 Å². The van der Waals surface area contributed by atoms with Gasteiger partial charge in [-0.15, -0.1) is 0 Å². The van der Waals surface area contributed by atoms with Gasteiger partial charge in [-0.05, 0) is 42.7 Å². The lowest BCUT2D eigenvalue weighted by Gasteiger charge is -2.24. The van der Waals surface area contributed by atoms with E-state index in [-0.39, 0.29) is 16.7 Å². The lowest BCUT2D eigenvalue weighted by Crippen LogP contribution is -2.47. The summed E-state index contributed by atoms with van der Waals surface area (Å²) in [6, 6.07) is 12.3. The highest BCUT2D eigenvalue weighted by molar-refractivity contribution is 7.89. The third kappa shape index (κ3) is 5.40. The van der Waals surface area contributed by atoms with E-state index in [1.807, 2.05) is 13.8 Å². The number of nitrogens with two attached hydrogens (primary N) is 1. The van der Waals surface area contributed by atoms with E-state index in [4.69, 9.17) is 5.14 Å². The fourth-order valence-electron chi connectivity index (χ4n) is 2.72. The molecule has 2 amide bonds. The minimum absolute atomic E-state index is 0.0567. The Bertz CT molecular complexity index is 959. The van der Waals surface area contributed by atoms with Crippen molar-refractivity contribution in [3.63, 3.8) is 0 Å². The number of hydrogen-bond donors (Lipinski definition) is 3. The van der Waals surface area contributed by atoms with Crippen LogP contribution in [0.2, 0.25) is 0 Å². The van der Waals surface area contributed by atoms with Crippen molar-refractivity contribution in [3.05, 3.63) is 59.7 Å². The van der Waals surface area contributed by atoms with Crippen molar-refractivity contribution >= 4 is 27.5 Å². The first-order valence-electron chi connectivity index (χ1n) is 8.93. The molecule has 150 valence electrons. The number of amides is 2. The van der Waals surface area contributed by atoms with Crippen LogP contribution in [-0.2, 0) is 14.8 Å². The number of primary sulfonamides is 1. The molecule has 0 saturated heterocycles. The van der Waals surface area contributed by atoms with Crippen molar-refractivity contribution in [1.29, 1.82) is 0 Å². The number of anilines is 1. The zero-order valence-electron chi connectivity index (χ0n) is 16.1. The molecule has 28 heavy (non-hydrogen) atoms. The van der Waals surface area contributed by atoms with Gasteiger partial charge in [-0.2, -0.15) is 0 Å². The van der Waals surface area contributed by atoms with Crippen LogP contribution in [0.15, 0.2) is 53.4 Å². The first-order chi connectivity index (χ1) is 13.1. The summed E-state index contributed by atoms with van der Waals surface area (Å²) in [5, 5.41) is 10.7. The topological polar surface area (TPSA) is 118 Å². The Balaban J connectivity index is 2.23. The van der Waals surface area contributed by atoms with Crippen LogP contribution in [0.25, 0.3) is 0 Å². The van der Waals surface area contributed by atoms with Gasteiger partial charge in [0.05, 0.1) is 4.90 Å². The van der Waals surface area contributed by atoms with Gasteiger partial charge in [-0.25, -0.2) is 13.6 Å². The van der Waals surface area contributed by atoms with Gasteiger partial charge in [0.25, 0.3) is 5.91 Å². The predicted molar refractivity (Wildman–Crippen MR) is 108 cm³/mol. The van der Waals surface area contributed by atoms with E-state index in [1.54, 1.807) is 49.4 Å². The molecular formula is C20H25N3O4S. The lowest BCUT2D eigenvalue weighted by atomic mass is 9.97. The molecule has 8 heteroatoms. The highest BCUT2D eigenvalue weighted by atomic mass is 32.2. The predicted octanol–water partition coefficient (Wildman–Crippen LogP) is 2.43. The molecule has 0 fully saturated rings. The van der Waals surface area contributed by atoms with Gasteiger partial charge in [0.2, 0.25) is 15.9 Å². The van der Waals surface area contributed by atoms with Crippen LogP contribution in [0.1, 0.15) is 36.2 Å². The van der Waals surface area contributed by atoms with Crippen LogP contribution in [0, 0.1) is 12.8 Å². The SMILES string of the molecule is CC[C@@H](C)[C@H](NC(=O)c1ccccc1)C(=O)Nc1ccc(C)c(S(N)(=O)=O)c1. The molecular weight excluding hydrogens is 378 g/mol. The van der Waals surface area contributed by atoms with E-state index in [0.717, 1.165) is 0 Å². The maximum absolute atomic E-state index is 12.8. The third-order valence-corrected chi connectivity index (χ3v) is 5.63. The summed E-state index contributed by atoms with van der Waals surface area (Å²) < 4.78 is 23.4. The summed E-state index contributed by atoms with van der Waals surface area (Å²) in [5.41, 5.74) is 1.23. The lowest BCUT2D eigenvalue weighted by molar-refractivity contribution is -0.119. The summed E-state index contributed by atoms with van der Waals surface area (Å²) in [4.78, 5) is 25.2.